The summed E-state index contributed by atoms with van der Waals surface area (Å²) in [6.45, 7) is 1.65. The number of amides is 2. The minimum absolute atomic E-state index is 0.0277. The molecule has 0 saturated carbocycles. The van der Waals surface area contributed by atoms with Crippen molar-refractivity contribution in [2.45, 2.75) is 19.4 Å². The van der Waals surface area contributed by atoms with Crippen molar-refractivity contribution < 1.29 is 22.7 Å². The lowest BCUT2D eigenvalue weighted by molar-refractivity contribution is -0.141. The molecule has 1 aromatic carbocycles. The van der Waals surface area contributed by atoms with E-state index in [1.165, 1.54) is 5.01 Å². The minimum Gasteiger partial charge on any atom is -0.465 e. The Morgan fingerprint density at radius 3 is 2.58 bits per heavy atom. The van der Waals surface area contributed by atoms with E-state index in [4.69, 9.17) is 4.74 Å². The Morgan fingerprint density at radius 2 is 2.00 bits per heavy atom. The van der Waals surface area contributed by atoms with Crippen LogP contribution in [0.25, 0.3) is 0 Å². The van der Waals surface area contributed by atoms with Crippen LogP contribution in [0, 0.1) is 0 Å². The second-order valence-corrected chi connectivity index (χ2v) is 7.59. The first-order valence-corrected chi connectivity index (χ1v) is 9.48. The summed E-state index contributed by atoms with van der Waals surface area (Å²) >= 11 is 0. The second-order valence-electron chi connectivity index (χ2n) is 5.36. The molecule has 1 aromatic rings. The number of urea groups is 1. The van der Waals surface area contributed by atoms with E-state index in [-0.39, 0.29) is 30.7 Å². The molecule has 8 nitrogen and oxygen atoms in total. The lowest BCUT2D eigenvalue weighted by Gasteiger charge is -2.30. The first kappa shape index (κ1) is 18.1. The lowest BCUT2D eigenvalue weighted by atomic mass is 10.2. The van der Waals surface area contributed by atoms with E-state index < -0.39 is 21.8 Å². The van der Waals surface area contributed by atoms with Crippen molar-refractivity contribution >= 4 is 27.5 Å². The number of esters is 1. The molecule has 0 bridgehead atoms. The van der Waals surface area contributed by atoms with E-state index in [0.29, 0.717) is 12.1 Å². The van der Waals surface area contributed by atoms with Gasteiger partial charge in [-0.15, -0.1) is 0 Å². The molecule has 2 amide bonds. The predicted molar refractivity (Wildman–Crippen MR) is 89.1 cm³/mol. The number of sulfone groups is 1. The Bertz CT molecular complexity index is 678. The number of hydrazine groups is 1. The second kappa shape index (κ2) is 8.00. The standard InChI is InChI=1S/C15H21N3O5S/c1-2-23-14(19)10-16-15(20)17-18(12-6-4-3-5-7-12)13-8-9-24(21,22)11-13/h3-7,13H,2,8-11H2,1H3,(H2,16,17,20). The van der Waals surface area contributed by atoms with Crippen LogP contribution in [-0.4, -0.2) is 51.1 Å². The zero-order valence-corrected chi connectivity index (χ0v) is 14.2. The van der Waals surface area contributed by atoms with Gasteiger partial charge >= 0.3 is 12.0 Å². The molecular weight excluding hydrogens is 334 g/mol. The van der Waals surface area contributed by atoms with Crippen LogP contribution in [0.2, 0.25) is 0 Å². The molecule has 0 aliphatic carbocycles. The SMILES string of the molecule is CCOC(=O)CNC(=O)NN(c1ccccc1)C1CCS(=O)(=O)C1. The van der Waals surface area contributed by atoms with Crippen molar-refractivity contribution in [3.63, 3.8) is 0 Å². The Kier molecular flexibility index (Phi) is 6.02. The first-order valence-electron chi connectivity index (χ1n) is 7.66. The first-order chi connectivity index (χ1) is 11.4. The molecule has 2 N–H and O–H groups in total. The van der Waals surface area contributed by atoms with Gasteiger partial charge in [0.15, 0.2) is 9.84 Å². The van der Waals surface area contributed by atoms with Crippen molar-refractivity contribution in [2.24, 2.45) is 0 Å². The summed E-state index contributed by atoms with van der Waals surface area (Å²) in [6, 6.07) is 8.01. The van der Waals surface area contributed by atoms with Crippen LogP contribution in [-0.2, 0) is 19.4 Å². The summed E-state index contributed by atoms with van der Waals surface area (Å²) in [5.41, 5.74) is 3.29. The third-order valence-corrected chi connectivity index (χ3v) is 5.28. The van der Waals surface area contributed by atoms with E-state index in [2.05, 4.69) is 10.7 Å². The number of anilines is 1. The third kappa shape index (κ3) is 5.12. The van der Waals surface area contributed by atoms with Crippen molar-refractivity contribution in [1.82, 2.24) is 10.7 Å². The topological polar surface area (TPSA) is 105 Å². The van der Waals surface area contributed by atoms with Gasteiger partial charge in [-0.3, -0.25) is 9.80 Å². The van der Waals surface area contributed by atoms with E-state index in [0.717, 1.165) is 0 Å². The highest BCUT2D eigenvalue weighted by Crippen LogP contribution is 2.22. The summed E-state index contributed by atoms with van der Waals surface area (Å²) in [7, 11) is -3.10. The maximum absolute atomic E-state index is 12.0. The highest BCUT2D eigenvalue weighted by Gasteiger charge is 2.33. The fourth-order valence-electron chi connectivity index (χ4n) is 2.45. The molecule has 1 unspecified atom stereocenters. The number of carbonyl (C=O) groups is 2. The third-order valence-electron chi connectivity index (χ3n) is 3.53. The summed E-state index contributed by atoms with van der Waals surface area (Å²) in [5, 5.41) is 3.93. The maximum Gasteiger partial charge on any atom is 0.334 e. The molecule has 1 aliphatic rings. The number of rotatable bonds is 6. The molecule has 9 heteroatoms. The fourth-order valence-corrected chi connectivity index (χ4v) is 4.15. The number of carbonyl (C=O) groups excluding carboxylic acids is 2. The number of nitrogens with one attached hydrogen (secondary N) is 2. The highest BCUT2D eigenvalue weighted by atomic mass is 32.2. The molecule has 1 fully saturated rings. The van der Waals surface area contributed by atoms with Gasteiger partial charge in [0, 0.05) is 0 Å². The van der Waals surface area contributed by atoms with Crippen LogP contribution < -0.4 is 15.8 Å². The molecule has 1 saturated heterocycles. The van der Waals surface area contributed by atoms with Gasteiger partial charge in [0.1, 0.15) is 6.54 Å². The number of hydrogen-bond acceptors (Lipinski definition) is 6. The van der Waals surface area contributed by atoms with Gasteiger partial charge in [0.2, 0.25) is 0 Å². The van der Waals surface area contributed by atoms with Gasteiger partial charge in [0.05, 0.1) is 29.8 Å². The summed E-state index contributed by atoms with van der Waals surface area (Å²) in [5.74, 6) is -0.477. The monoisotopic (exact) mass is 355 g/mol. The Morgan fingerprint density at radius 1 is 1.29 bits per heavy atom. The van der Waals surface area contributed by atoms with E-state index in [9.17, 15) is 18.0 Å². The molecule has 0 spiro atoms. The minimum atomic E-state index is -3.10. The number of para-hydroxylation sites is 1. The molecule has 2 rings (SSSR count). The predicted octanol–water partition coefficient (Wildman–Crippen LogP) is 0.457. The smallest absolute Gasteiger partial charge is 0.334 e. The molecule has 24 heavy (non-hydrogen) atoms. The van der Waals surface area contributed by atoms with Gasteiger partial charge in [-0.2, -0.15) is 0 Å². The number of benzene rings is 1. The molecule has 0 radical (unpaired) electrons. The number of hydrogen-bond donors (Lipinski definition) is 2. The Hall–Kier alpha value is -2.29. The van der Waals surface area contributed by atoms with Crippen molar-refractivity contribution in [3.8, 4) is 0 Å². The van der Waals surface area contributed by atoms with Crippen LogP contribution in [0.1, 0.15) is 13.3 Å². The van der Waals surface area contributed by atoms with Crippen LogP contribution >= 0.6 is 0 Å². The normalized spacial score (nSPS) is 18.6. The Balaban J connectivity index is 2.04. The average molecular weight is 355 g/mol. The lowest BCUT2D eigenvalue weighted by Crippen LogP contribution is -2.53. The van der Waals surface area contributed by atoms with Crippen molar-refractivity contribution in [3.05, 3.63) is 30.3 Å². The number of ether oxygens (including phenoxy) is 1. The van der Waals surface area contributed by atoms with Crippen LogP contribution in [0.3, 0.4) is 0 Å². The van der Waals surface area contributed by atoms with E-state index in [1.807, 2.05) is 6.07 Å². The average Bonchev–Trinajstić information content (AvgIpc) is 2.91. The largest absolute Gasteiger partial charge is 0.465 e. The maximum atomic E-state index is 12.0. The molecule has 132 valence electrons. The van der Waals surface area contributed by atoms with Gasteiger partial charge < -0.3 is 10.1 Å². The quantitative estimate of drug-likeness (QED) is 0.567. The molecular formula is C15H21N3O5S. The molecule has 1 aliphatic heterocycles. The summed E-state index contributed by atoms with van der Waals surface area (Å²) < 4.78 is 28.2. The van der Waals surface area contributed by atoms with Crippen LogP contribution in [0.4, 0.5) is 10.5 Å². The number of nitrogens with zero attached hydrogens (tertiary/aromatic N) is 1. The highest BCUT2D eigenvalue weighted by molar-refractivity contribution is 7.91. The van der Waals surface area contributed by atoms with Crippen molar-refractivity contribution in [1.29, 1.82) is 0 Å². The van der Waals surface area contributed by atoms with E-state index in [1.54, 1.807) is 31.2 Å². The van der Waals surface area contributed by atoms with Crippen LogP contribution in [0.5, 0.6) is 0 Å². The molecule has 1 heterocycles. The van der Waals surface area contributed by atoms with E-state index >= 15 is 0 Å². The zero-order valence-electron chi connectivity index (χ0n) is 13.4. The molecule has 1 atom stereocenters. The van der Waals surface area contributed by atoms with Crippen molar-refractivity contribution in [2.75, 3.05) is 29.7 Å². The van der Waals surface area contributed by atoms with Gasteiger partial charge in [-0.05, 0) is 25.5 Å². The van der Waals surface area contributed by atoms with Gasteiger partial charge in [-0.1, -0.05) is 18.2 Å². The summed E-state index contributed by atoms with van der Waals surface area (Å²) in [6.07, 6.45) is 0.426. The fraction of sp³-hybridized carbons (Fsp3) is 0.467. The molecule has 0 aromatic heterocycles. The van der Waals surface area contributed by atoms with Gasteiger partial charge in [-0.25, -0.2) is 18.6 Å². The zero-order chi connectivity index (χ0) is 17.6. The van der Waals surface area contributed by atoms with Gasteiger partial charge in [0.25, 0.3) is 0 Å². The van der Waals surface area contributed by atoms with Crippen LogP contribution in [0.15, 0.2) is 30.3 Å². The summed E-state index contributed by atoms with van der Waals surface area (Å²) in [4.78, 5) is 23.3. The Labute approximate surface area is 141 Å².